The van der Waals surface area contributed by atoms with Gasteiger partial charge >= 0.3 is 0 Å². The van der Waals surface area contributed by atoms with Crippen LogP contribution in [0.4, 0.5) is 10.1 Å². The predicted molar refractivity (Wildman–Crippen MR) is 193 cm³/mol. The molecule has 1 amide bonds. The first-order chi connectivity index (χ1) is 23.2. The lowest BCUT2D eigenvalue weighted by atomic mass is 9.95. The van der Waals surface area contributed by atoms with Crippen LogP contribution in [-0.4, -0.2) is 24.2 Å². The molecule has 0 spiro atoms. The number of hydrogen-bond donors (Lipinski definition) is 1. The Labute approximate surface area is 294 Å². The minimum absolute atomic E-state index is 0.232. The van der Waals surface area contributed by atoms with Crippen LogP contribution in [0.1, 0.15) is 36.6 Å². The van der Waals surface area contributed by atoms with Crippen molar-refractivity contribution in [2.24, 2.45) is 4.99 Å². The third kappa shape index (κ3) is 7.07. The summed E-state index contributed by atoms with van der Waals surface area (Å²) in [4.78, 5) is 33.3. The summed E-state index contributed by atoms with van der Waals surface area (Å²) in [7, 11) is 1.55. The molecule has 1 atom stereocenters. The highest BCUT2D eigenvalue weighted by Crippen LogP contribution is 2.35. The molecule has 2 heterocycles. The molecule has 4 aromatic carbocycles. The largest absolute Gasteiger partial charge is 0.494 e. The Bertz CT molecular complexity index is 2180. The standard InChI is InChI=1S/C37H31FIN3O5S/c1-4-46-28-16-12-25(13-17-28)33-32(35(43)41-27-8-6-5-7-9-27)22(2)40-37-42(33)36(44)31(48-37)20-24-18-29(39)34(30(19-24)45-3)47-21-23-10-14-26(38)15-11-23/h5-20,33H,4,21H2,1-3H3,(H,41,43)/b31-20-/t33-/m0/s1. The zero-order valence-corrected chi connectivity index (χ0v) is 29.3. The number of methoxy groups -OCH3 is 1. The van der Waals surface area contributed by atoms with Crippen LogP contribution in [-0.2, 0) is 11.4 Å². The van der Waals surface area contributed by atoms with Gasteiger partial charge in [-0.15, -0.1) is 0 Å². The van der Waals surface area contributed by atoms with E-state index in [0.717, 1.165) is 20.3 Å². The molecule has 1 aliphatic rings. The van der Waals surface area contributed by atoms with Gasteiger partial charge in [-0.2, -0.15) is 0 Å². The summed E-state index contributed by atoms with van der Waals surface area (Å²) in [6.07, 6.45) is 1.79. The molecule has 11 heteroatoms. The fraction of sp³-hybridized carbons (Fsp3) is 0.162. The monoisotopic (exact) mass is 775 g/mol. The van der Waals surface area contributed by atoms with Crippen LogP contribution in [0.15, 0.2) is 112 Å². The molecule has 1 aliphatic heterocycles. The molecule has 0 saturated heterocycles. The number of ether oxygens (including phenoxy) is 3. The minimum atomic E-state index is -0.723. The van der Waals surface area contributed by atoms with Crippen molar-refractivity contribution in [3.8, 4) is 17.2 Å². The first-order valence-corrected chi connectivity index (χ1v) is 17.0. The molecule has 0 bridgehead atoms. The summed E-state index contributed by atoms with van der Waals surface area (Å²) >= 11 is 3.42. The van der Waals surface area contributed by atoms with Gasteiger partial charge in [0.1, 0.15) is 18.2 Å². The second-order valence-electron chi connectivity index (χ2n) is 10.9. The van der Waals surface area contributed by atoms with Gasteiger partial charge < -0.3 is 19.5 Å². The number of carbonyl (C=O) groups is 1. The van der Waals surface area contributed by atoms with Crippen LogP contribution < -0.4 is 34.4 Å². The van der Waals surface area contributed by atoms with Gasteiger partial charge in [-0.25, -0.2) is 9.38 Å². The number of nitrogens with zero attached hydrogens (tertiary/aromatic N) is 2. The van der Waals surface area contributed by atoms with E-state index < -0.39 is 6.04 Å². The lowest BCUT2D eigenvalue weighted by Crippen LogP contribution is -2.40. The highest BCUT2D eigenvalue weighted by Gasteiger charge is 2.32. The Morgan fingerprint density at radius 1 is 1.04 bits per heavy atom. The van der Waals surface area contributed by atoms with Crippen LogP contribution in [0.2, 0.25) is 0 Å². The number of hydrogen-bond acceptors (Lipinski definition) is 7. The number of anilines is 1. The van der Waals surface area contributed by atoms with E-state index in [9.17, 15) is 14.0 Å². The zero-order valence-electron chi connectivity index (χ0n) is 26.3. The quantitative estimate of drug-likeness (QED) is 0.162. The zero-order chi connectivity index (χ0) is 33.8. The number of halogens is 2. The smallest absolute Gasteiger partial charge is 0.271 e. The summed E-state index contributed by atoms with van der Waals surface area (Å²) in [5, 5.41) is 2.97. The van der Waals surface area contributed by atoms with Crippen LogP contribution in [0.25, 0.3) is 6.08 Å². The van der Waals surface area contributed by atoms with E-state index in [1.54, 1.807) is 42.9 Å². The lowest BCUT2D eigenvalue weighted by Gasteiger charge is -2.25. The summed E-state index contributed by atoms with van der Waals surface area (Å²) in [6, 6.07) is 25.7. The number of nitrogens with one attached hydrogen (secondary N) is 1. The maximum absolute atomic E-state index is 14.2. The first kappa shape index (κ1) is 33.2. The highest BCUT2D eigenvalue weighted by molar-refractivity contribution is 14.1. The normalized spacial score (nSPS) is 14.3. The van der Waals surface area contributed by atoms with E-state index in [1.165, 1.54) is 23.5 Å². The second kappa shape index (κ2) is 14.6. The van der Waals surface area contributed by atoms with Gasteiger partial charge in [0.25, 0.3) is 11.5 Å². The second-order valence-corrected chi connectivity index (χ2v) is 13.0. The number of allylic oxidation sites excluding steroid dienone is 1. The number of amides is 1. The maximum atomic E-state index is 14.2. The van der Waals surface area contributed by atoms with Crippen LogP contribution in [0, 0.1) is 9.39 Å². The van der Waals surface area contributed by atoms with Crippen LogP contribution in [0.5, 0.6) is 17.2 Å². The van der Waals surface area contributed by atoms with Crippen molar-refractivity contribution in [1.82, 2.24) is 4.57 Å². The molecule has 244 valence electrons. The van der Waals surface area contributed by atoms with Crippen molar-refractivity contribution in [2.75, 3.05) is 19.0 Å². The summed E-state index contributed by atoms with van der Waals surface area (Å²) in [6.45, 7) is 4.45. The Morgan fingerprint density at radius 2 is 1.77 bits per heavy atom. The first-order valence-electron chi connectivity index (χ1n) is 15.1. The third-order valence-corrected chi connectivity index (χ3v) is 9.44. The molecule has 0 saturated carbocycles. The number of benzene rings is 4. The summed E-state index contributed by atoms with van der Waals surface area (Å²) in [5.74, 6) is 1.07. The minimum Gasteiger partial charge on any atom is -0.494 e. The number of rotatable bonds is 10. The molecule has 48 heavy (non-hydrogen) atoms. The molecule has 0 unspecified atom stereocenters. The molecule has 8 nitrogen and oxygen atoms in total. The Morgan fingerprint density at radius 3 is 2.46 bits per heavy atom. The number of fused-ring (bicyclic) bond motifs is 1. The maximum Gasteiger partial charge on any atom is 0.271 e. The van der Waals surface area contributed by atoms with Crippen molar-refractivity contribution in [3.63, 3.8) is 0 Å². The summed E-state index contributed by atoms with van der Waals surface area (Å²) < 4.78 is 33.5. The molecule has 1 aromatic heterocycles. The van der Waals surface area contributed by atoms with Gasteiger partial charge in [0.05, 0.1) is 39.1 Å². The molecule has 0 fully saturated rings. The average molecular weight is 776 g/mol. The van der Waals surface area contributed by atoms with Crippen molar-refractivity contribution < 1.29 is 23.4 Å². The number of carbonyl (C=O) groups excluding carboxylic acids is 1. The molecule has 5 aromatic rings. The molecule has 0 aliphatic carbocycles. The Hall–Kier alpha value is -4.75. The Kier molecular flexibility index (Phi) is 10.1. The SMILES string of the molecule is CCOc1ccc([C@H]2C(C(=O)Nc3ccccc3)=C(C)N=c3s/c(=C\c4cc(I)c(OCc5ccc(F)cc5)c(OC)c4)c(=O)n32)cc1. The van der Waals surface area contributed by atoms with Gasteiger partial charge in [0.15, 0.2) is 16.3 Å². The van der Waals surface area contributed by atoms with Crippen LogP contribution in [0.3, 0.4) is 0 Å². The molecular weight excluding hydrogens is 744 g/mol. The molecule has 0 radical (unpaired) electrons. The van der Waals surface area contributed by atoms with Crippen LogP contribution >= 0.6 is 33.9 Å². The van der Waals surface area contributed by atoms with Crippen molar-refractivity contribution in [1.29, 1.82) is 0 Å². The van der Waals surface area contributed by atoms with E-state index >= 15 is 0 Å². The van der Waals surface area contributed by atoms with E-state index in [-0.39, 0.29) is 23.9 Å². The fourth-order valence-electron chi connectivity index (χ4n) is 5.41. The van der Waals surface area contributed by atoms with Gasteiger partial charge in [-0.1, -0.05) is 53.8 Å². The molecule has 6 rings (SSSR count). The van der Waals surface area contributed by atoms with E-state index in [4.69, 9.17) is 19.2 Å². The van der Waals surface area contributed by atoms with Crippen molar-refractivity contribution in [3.05, 3.63) is 148 Å². The van der Waals surface area contributed by atoms with E-state index in [1.807, 2.05) is 67.6 Å². The van der Waals surface area contributed by atoms with E-state index in [0.29, 0.717) is 50.1 Å². The number of thiazole rings is 1. The molecular formula is C37H31FIN3O5S. The van der Waals surface area contributed by atoms with Crippen molar-refractivity contribution >= 4 is 51.6 Å². The highest BCUT2D eigenvalue weighted by atomic mass is 127. The summed E-state index contributed by atoms with van der Waals surface area (Å²) in [5.41, 5.74) is 3.55. The predicted octanol–water partition coefficient (Wildman–Crippen LogP) is 6.60. The molecule has 1 N–H and O–H groups in total. The lowest BCUT2D eigenvalue weighted by molar-refractivity contribution is -0.113. The van der Waals surface area contributed by atoms with Gasteiger partial charge in [-0.05, 0) is 108 Å². The average Bonchev–Trinajstić information content (AvgIpc) is 3.38. The van der Waals surface area contributed by atoms with Gasteiger partial charge in [0.2, 0.25) is 0 Å². The van der Waals surface area contributed by atoms with E-state index in [2.05, 4.69) is 27.9 Å². The van der Waals surface area contributed by atoms with Gasteiger partial charge in [-0.3, -0.25) is 14.2 Å². The number of para-hydroxylation sites is 1. The third-order valence-electron chi connectivity index (χ3n) is 7.65. The Balaban J connectivity index is 1.40. The fourth-order valence-corrected chi connectivity index (χ4v) is 7.24. The van der Waals surface area contributed by atoms with Gasteiger partial charge in [0, 0.05) is 5.69 Å². The topological polar surface area (TPSA) is 91.2 Å². The number of aromatic nitrogens is 1. The van der Waals surface area contributed by atoms with Crippen molar-refractivity contribution in [2.45, 2.75) is 26.5 Å².